The van der Waals surface area contributed by atoms with Crippen molar-refractivity contribution in [2.45, 2.75) is 18.6 Å². The lowest BCUT2D eigenvalue weighted by Gasteiger charge is -2.19. The Labute approximate surface area is 162 Å². The van der Waals surface area contributed by atoms with Crippen molar-refractivity contribution in [3.63, 3.8) is 0 Å². The van der Waals surface area contributed by atoms with Gasteiger partial charge in [-0.25, -0.2) is 0 Å². The van der Waals surface area contributed by atoms with Crippen molar-refractivity contribution in [3.05, 3.63) is 48.7 Å². The van der Waals surface area contributed by atoms with Crippen molar-refractivity contribution in [2.24, 2.45) is 0 Å². The first-order valence-electron chi connectivity index (χ1n) is 8.81. The fourth-order valence-electron chi connectivity index (χ4n) is 2.62. The Bertz CT molecular complexity index is 848. The van der Waals surface area contributed by atoms with Gasteiger partial charge in [0.25, 0.3) is 0 Å². The molecule has 0 aliphatic heterocycles. The van der Waals surface area contributed by atoms with E-state index in [-0.39, 0.29) is 5.91 Å². The van der Waals surface area contributed by atoms with E-state index >= 15 is 0 Å². The number of anilines is 1. The van der Waals surface area contributed by atoms with E-state index in [1.807, 2.05) is 61.0 Å². The maximum atomic E-state index is 12.1. The number of amides is 1. The lowest BCUT2D eigenvalue weighted by atomic mass is 10.3. The van der Waals surface area contributed by atoms with Crippen molar-refractivity contribution in [1.82, 2.24) is 20.1 Å². The average molecular weight is 385 g/mol. The van der Waals surface area contributed by atoms with Crippen LogP contribution in [0.25, 0.3) is 11.6 Å². The summed E-state index contributed by atoms with van der Waals surface area (Å²) in [5.41, 5.74) is 1.13. The topological polar surface area (TPSA) is 76.2 Å². The largest absolute Gasteiger partial charge is 0.461 e. The lowest BCUT2D eigenvalue weighted by Crippen LogP contribution is -2.33. The Hall–Kier alpha value is -2.74. The van der Waals surface area contributed by atoms with Crippen LogP contribution in [-0.2, 0) is 11.3 Å². The number of benzene rings is 1. The van der Waals surface area contributed by atoms with Gasteiger partial charge in [0.15, 0.2) is 16.7 Å². The number of thioether (sulfide) groups is 1. The molecule has 27 heavy (non-hydrogen) atoms. The summed E-state index contributed by atoms with van der Waals surface area (Å²) in [5, 5.41) is 12.0. The summed E-state index contributed by atoms with van der Waals surface area (Å²) in [6.07, 6.45) is 1.61. The molecule has 0 aliphatic carbocycles. The number of hydrogen-bond acceptors (Lipinski definition) is 6. The van der Waals surface area contributed by atoms with Crippen LogP contribution < -0.4 is 10.2 Å². The highest BCUT2D eigenvalue weighted by atomic mass is 32.2. The normalized spacial score (nSPS) is 10.7. The van der Waals surface area contributed by atoms with Gasteiger partial charge in [-0.1, -0.05) is 30.0 Å². The number of carbonyl (C=O) groups is 1. The SMILES string of the molecule is CCn1c(SCC(=O)NCCN(C)c2ccccc2)nnc1-c1ccco1. The quantitative estimate of drug-likeness (QED) is 0.571. The van der Waals surface area contributed by atoms with Gasteiger partial charge in [0.05, 0.1) is 12.0 Å². The van der Waals surface area contributed by atoms with E-state index in [2.05, 4.69) is 20.4 Å². The van der Waals surface area contributed by atoms with Crippen molar-refractivity contribution in [1.29, 1.82) is 0 Å². The van der Waals surface area contributed by atoms with Crippen LogP contribution in [0.5, 0.6) is 0 Å². The maximum absolute atomic E-state index is 12.1. The van der Waals surface area contributed by atoms with E-state index in [0.29, 0.717) is 35.6 Å². The molecule has 3 aromatic rings. The minimum Gasteiger partial charge on any atom is -0.461 e. The first-order valence-corrected chi connectivity index (χ1v) is 9.80. The van der Waals surface area contributed by atoms with Crippen LogP contribution in [0.15, 0.2) is 58.3 Å². The number of para-hydroxylation sites is 1. The second-order valence-corrected chi connectivity index (χ2v) is 6.87. The molecule has 1 aromatic carbocycles. The van der Waals surface area contributed by atoms with E-state index in [4.69, 9.17) is 4.42 Å². The standard InChI is InChI=1S/C19H23N5O2S/c1-3-24-18(16-10-7-13-26-16)21-22-19(24)27-14-17(25)20-11-12-23(2)15-8-5-4-6-9-15/h4-10,13H,3,11-12,14H2,1-2H3,(H,20,25). The highest BCUT2D eigenvalue weighted by Gasteiger charge is 2.16. The smallest absolute Gasteiger partial charge is 0.230 e. The Morgan fingerprint density at radius 2 is 2.04 bits per heavy atom. The fourth-order valence-corrected chi connectivity index (χ4v) is 3.46. The molecule has 0 spiro atoms. The zero-order valence-electron chi connectivity index (χ0n) is 15.5. The van der Waals surface area contributed by atoms with Crippen LogP contribution in [0.3, 0.4) is 0 Å². The number of furan rings is 1. The molecule has 0 radical (unpaired) electrons. The summed E-state index contributed by atoms with van der Waals surface area (Å²) >= 11 is 1.38. The first kappa shape index (κ1) is 19.0. The van der Waals surface area contributed by atoms with Gasteiger partial charge >= 0.3 is 0 Å². The molecule has 1 amide bonds. The summed E-state index contributed by atoms with van der Waals surface area (Å²) < 4.78 is 7.34. The van der Waals surface area contributed by atoms with E-state index in [9.17, 15) is 4.79 Å². The van der Waals surface area contributed by atoms with Gasteiger partial charge in [0.2, 0.25) is 5.91 Å². The Kier molecular flexibility index (Phi) is 6.54. The average Bonchev–Trinajstić information content (AvgIpc) is 3.36. The van der Waals surface area contributed by atoms with E-state index in [1.165, 1.54) is 11.8 Å². The van der Waals surface area contributed by atoms with E-state index < -0.39 is 0 Å². The molecule has 2 heterocycles. The van der Waals surface area contributed by atoms with Gasteiger partial charge in [-0.15, -0.1) is 10.2 Å². The number of aromatic nitrogens is 3. The zero-order valence-corrected chi connectivity index (χ0v) is 16.3. The molecular weight excluding hydrogens is 362 g/mol. The van der Waals surface area contributed by atoms with Gasteiger partial charge in [-0.05, 0) is 31.2 Å². The van der Waals surface area contributed by atoms with E-state index in [1.54, 1.807) is 6.26 Å². The lowest BCUT2D eigenvalue weighted by molar-refractivity contribution is -0.118. The minimum atomic E-state index is -0.0216. The number of hydrogen-bond donors (Lipinski definition) is 1. The molecular formula is C19H23N5O2S. The maximum Gasteiger partial charge on any atom is 0.230 e. The Morgan fingerprint density at radius 3 is 2.74 bits per heavy atom. The minimum absolute atomic E-state index is 0.0216. The molecule has 0 atom stereocenters. The summed E-state index contributed by atoms with van der Waals surface area (Å²) in [4.78, 5) is 14.3. The van der Waals surface area contributed by atoms with Crippen LogP contribution in [0, 0.1) is 0 Å². The number of rotatable bonds is 9. The highest BCUT2D eigenvalue weighted by Crippen LogP contribution is 2.24. The van der Waals surface area contributed by atoms with Crippen molar-refractivity contribution >= 4 is 23.4 Å². The first-order chi connectivity index (χ1) is 13.2. The summed E-state index contributed by atoms with van der Waals surface area (Å²) in [6.45, 7) is 4.05. The van der Waals surface area contributed by atoms with Crippen molar-refractivity contribution in [3.8, 4) is 11.6 Å². The molecule has 142 valence electrons. The number of nitrogens with zero attached hydrogens (tertiary/aromatic N) is 4. The molecule has 2 aromatic heterocycles. The second-order valence-electron chi connectivity index (χ2n) is 5.92. The summed E-state index contributed by atoms with van der Waals surface area (Å²) in [7, 11) is 2.01. The fraction of sp³-hybridized carbons (Fsp3) is 0.316. The van der Waals surface area contributed by atoms with Gasteiger partial charge < -0.3 is 14.6 Å². The molecule has 3 rings (SSSR count). The summed E-state index contributed by atoms with van der Waals surface area (Å²) in [6, 6.07) is 13.8. The Morgan fingerprint density at radius 1 is 1.22 bits per heavy atom. The molecule has 0 saturated heterocycles. The molecule has 0 saturated carbocycles. The predicted molar refractivity (Wildman–Crippen MR) is 107 cm³/mol. The number of carbonyl (C=O) groups excluding carboxylic acids is 1. The van der Waals surface area contributed by atoms with Crippen molar-refractivity contribution in [2.75, 3.05) is 30.8 Å². The van der Waals surface area contributed by atoms with Crippen molar-refractivity contribution < 1.29 is 9.21 Å². The third-order valence-corrected chi connectivity index (χ3v) is 5.04. The van der Waals surface area contributed by atoms with Crippen LogP contribution in [0.2, 0.25) is 0 Å². The van der Waals surface area contributed by atoms with Gasteiger partial charge in [0, 0.05) is 32.4 Å². The molecule has 0 unspecified atom stereocenters. The van der Waals surface area contributed by atoms with Gasteiger partial charge in [-0.2, -0.15) is 0 Å². The molecule has 8 heteroatoms. The van der Waals surface area contributed by atoms with Crippen LogP contribution >= 0.6 is 11.8 Å². The molecule has 0 aliphatic rings. The van der Waals surface area contributed by atoms with Gasteiger partial charge in [0.1, 0.15) is 0 Å². The van der Waals surface area contributed by atoms with E-state index in [0.717, 1.165) is 12.2 Å². The number of likely N-dealkylation sites (N-methyl/N-ethyl adjacent to an activating group) is 1. The summed E-state index contributed by atoms with van der Waals surface area (Å²) in [5.74, 6) is 1.62. The third-order valence-electron chi connectivity index (χ3n) is 4.07. The molecule has 0 fully saturated rings. The molecule has 7 nitrogen and oxygen atoms in total. The molecule has 0 bridgehead atoms. The second kappa shape index (κ2) is 9.27. The molecule has 1 N–H and O–H groups in total. The highest BCUT2D eigenvalue weighted by molar-refractivity contribution is 7.99. The van der Waals surface area contributed by atoms with Crippen LogP contribution in [0.4, 0.5) is 5.69 Å². The predicted octanol–water partition coefficient (Wildman–Crippen LogP) is 2.90. The van der Waals surface area contributed by atoms with Gasteiger partial charge in [-0.3, -0.25) is 9.36 Å². The van der Waals surface area contributed by atoms with Crippen LogP contribution in [0.1, 0.15) is 6.92 Å². The monoisotopic (exact) mass is 385 g/mol. The number of nitrogens with one attached hydrogen (secondary N) is 1. The third kappa shape index (κ3) is 4.91. The Balaban J connectivity index is 1.47. The van der Waals surface area contributed by atoms with Crippen LogP contribution in [-0.4, -0.2) is 46.6 Å². The zero-order chi connectivity index (χ0) is 19.1.